The average Bonchev–Trinajstić information content (AvgIpc) is 2.60. The Bertz CT molecular complexity index is 1020. The van der Waals surface area contributed by atoms with Gasteiger partial charge in [-0.2, -0.15) is 5.26 Å². The maximum absolute atomic E-state index is 13.1. The number of aliphatic hydroxyl groups is 1. The first-order chi connectivity index (χ1) is 12.4. The summed E-state index contributed by atoms with van der Waals surface area (Å²) in [5.74, 6) is -0.513. The molecule has 1 atom stereocenters. The molecular formula is C18H15Cl2N3O3. The summed E-state index contributed by atoms with van der Waals surface area (Å²) in [5, 5.41) is 19.5. The first-order valence-corrected chi connectivity index (χ1v) is 8.52. The number of hydrogen-bond acceptors (Lipinski definition) is 5. The second-order valence-corrected chi connectivity index (χ2v) is 6.66. The zero-order valence-electron chi connectivity index (χ0n) is 13.8. The molecule has 0 saturated carbocycles. The first kappa shape index (κ1) is 18.3. The van der Waals surface area contributed by atoms with E-state index in [-0.39, 0.29) is 41.5 Å². The number of aliphatic hydroxyl groups excluding tert-OH is 1. The molecule has 2 heterocycles. The minimum Gasteiger partial charge on any atom is -0.440 e. The van der Waals surface area contributed by atoms with Gasteiger partial charge in [-0.15, -0.1) is 0 Å². The highest BCUT2D eigenvalue weighted by atomic mass is 35.5. The van der Waals surface area contributed by atoms with Crippen LogP contribution >= 0.6 is 23.2 Å². The Morgan fingerprint density at radius 3 is 2.69 bits per heavy atom. The predicted octanol–water partition coefficient (Wildman–Crippen LogP) is 2.67. The molecule has 0 aliphatic carbocycles. The van der Waals surface area contributed by atoms with Crippen LogP contribution in [0.5, 0.6) is 5.75 Å². The molecule has 1 aliphatic rings. The Balaban J connectivity index is 2.33. The molecule has 0 radical (unpaired) electrons. The number of fused-ring (bicyclic) bond motifs is 1. The van der Waals surface area contributed by atoms with E-state index in [1.165, 1.54) is 4.57 Å². The summed E-state index contributed by atoms with van der Waals surface area (Å²) >= 11 is 12.1. The van der Waals surface area contributed by atoms with Crippen LogP contribution < -0.4 is 16.0 Å². The van der Waals surface area contributed by atoms with E-state index in [1.807, 2.05) is 6.07 Å². The van der Waals surface area contributed by atoms with Crippen molar-refractivity contribution in [3.63, 3.8) is 0 Å². The fraction of sp³-hybridized carbons (Fsp3) is 0.222. The van der Waals surface area contributed by atoms with Gasteiger partial charge in [0.25, 0.3) is 5.56 Å². The van der Waals surface area contributed by atoms with Gasteiger partial charge < -0.3 is 20.1 Å². The Morgan fingerprint density at radius 1 is 1.35 bits per heavy atom. The number of benzene rings is 1. The van der Waals surface area contributed by atoms with E-state index in [4.69, 9.17) is 33.7 Å². The summed E-state index contributed by atoms with van der Waals surface area (Å²) in [6.07, 6.45) is 0. The van der Waals surface area contributed by atoms with E-state index in [1.54, 1.807) is 31.2 Å². The van der Waals surface area contributed by atoms with Gasteiger partial charge in [0.1, 0.15) is 17.4 Å². The van der Waals surface area contributed by atoms with Crippen LogP contribution in [-0.2, 0) is 6.54 Å². The fourth-order valence-electron chi connectivity index (χ4n) is 3.09. The zero-order valence-corrected chi connectivity index (χ0v) is 15.3. The van der Waals surface area contributed by atoms with E-state index >= 15 is 0 Å². The molecule has 26 heavy (non-hydrogen) atoms. The smallest absolute Gasteiger partial charge is 0.258 e. The average molecular weight is 392 g/mol. The summed E-state index contributed by atoms with van der Waals surface area (Å²) in [7, 11) is 0. The van der Waals surface area contributed by atoms with E-state index in [2.05, 4.69) is 0 Å². The van der Waals surface area contributed by atoms with Gasteiger partial charge in [0.15, 0.2) is 0 Å². The Morgan fingerprint density at radius 2 is 2.08 bits per heavy atom. The standard InChI is InChI=1S/C18H15Cl2N3O3/c1-9-6-14-16(18(25)23(9)4-5-24)15(11(8-21)17(22)26-14)10-2-3-12(19)13(20)7-10/h2-3,6-7,15,24H,4-5,22H2,1H3/t15-/m1/s1. The molecular weight excluding hydrogens is 377 g/mol. The molecule has 3 N–H and O–H groups in total. The molecule has 1 aliphatic heterocycles. The van der Waals surface area contributed by atoms with Crippen molar-refractivity contribution in [3.8, 4) is 11.8 Å². The number of pyridine rings is 1. The number of rotatable bonds is 3. The molecule has 0 amide bonds. The van der Waals surface area contributed by atoms with E-state index in [0.29, 0.717) is 21.3 Å². The van der Waals surface area contributed by atoms with Gasteiger partial charge in [-0.3, -0.25) is 4.79 Å². The van der Waals surface area contributed by atoms with Gasteiger partial charge in [-0.05, 0) is 24.6 Å². The molecule has 1 aromatic carbocycles. The first-order valence-electron chi connectivity index (χ1n) is 7.76. The summed E-state index contributed by atoms with van der Waals surface area (Å²) in [5.41, 5.74) is 7.17. The Kier molecular flexibility index (Phi) is 4.97. The summed E-state index contributed by atoms with van der Waals surface area (Å²) in [4.78, 5) is 13.1. The third-order valence-corrected chi connectivity index (χ3v) is 5.03. The molecule has 3 rings (SSSR count). The molecule has 1 aromatic heterocycles. The summed E-state index contributed by atoms with van der Waals surface area (Å²) in [6, 6.07) is 8.58. The predicted molar refractivity (Wildman–Crippen MR) is 98.3 cm³/mol. The number of aromatic nitrogens is 1. The van der Waals surface area contributed by atoms with Crippen LogP contribution in [0, 0.1) is 18.3 Å². The van der Waals surface area contributed by atoms with Gasteiger partial charge in [0.2, 0.25) is 5.88 Å². The molecule has 6 nitrogen and oxygen atoms in total. The van der Waals surface area contributed by atoms with Crippen LogP contribution in [0.2, 0.25) is 10.0 Å². The maximum Gasteiger partial charge on any atom is 0.258 e. The van der Waals surface area contributed by atoms with E-state index in [0.717, 1.165) is 0 Å². The quantitative estimate of drug-likeness (QED) is 0.837. The number of nitriles is 1. The van der Waals surface area contributed by atoms with Crippen LogP contribution in [0.4, 0.5) is 0 Å². The Hall–Kier alpha value is -2.46. The number of allylic oxidation sites excluding steroid dienone is 1. The molecule has 134 valence electrons. The van der Waals surface area contributed by atoms with Crippen LogP contribution in [0.1, 0.15) is 22.7 Å². The summed E-state index contributed by atoms with van der Waals surface area (Å²) in [6.45, 7) is 1.67. The number of halogens is 2. The molecule has 0 unspecified atom stereocenters. The zero-order chi connectivity index (χ0) is 19.0. The number of ether oxygens (including phenoxy) is 1. The molecule has 0 spiro atoms. The molecule has 0 bridgehead atoms. The number of nitrogens with zero attached hydrogens (tertiary/aromatic N) is 2. The van der Waals surface area contributed by atoms with Crippen LogP contribution in [0.25, 0.3) is 0 Å². The minimum atomic E-state index is -0.739. The summed E-state index contributed by atoms with van der Waals surface area (Å²) < 4.78 is 6.97. The fourth-order valence-corrected chi connectivity index (χ4v) is 3.40. The van der Waals surface area contributed by atoms with Crippen LogP contribution in [0.3, 0.4) is 0 Å². The van der Waals surface area contributed by atoms with Gasteiger partial charge in [0, 0.05) is 18.3 Å². The van der Waals surface area contributed by atoms with Crippen molar-refractivity contribution in [1.82, 2.24) is 4.57 Å². The third kappa shape index (κ3) is 2.95. The highest BCUT2D eigenvalue weighted by molar-refractivity contribution is 6.42. The number of nitrogens with two attached hydrogens (primary N) is 1. The number of hydrogen-bond donors (Lipinski definition) is 2. The minimum absolute atomic E-state index is 0.0604. The molecule has 0 saturated heterocycles. The second-order valence-electron chi connectivity index (χ2n) is 5.84. The van der Waals surface area contributed by atoms with E-state index in [9.17, 15) is 15.2 Å². The Labute approximate surface area is 159 Å². The third-order valence-electron chi connectivity index (χ3n) is 4.29. The number of aryl methyl sites for hydroxylation is 1. The lowest BCUT2D eigenvalue weighted by molar-refractivity contribution is 0.272. The van der Waals surface area contributed by atoms with Crippen molar-refractivity contribution >= 4 is 23.2 Å². The lowest BCUT2D eigenvalue weighted by atomic mass is 9.84. The van der Waals surface area contributed by atoms with Crippen molar-refractivity contribution in [3.05, 3.63) is 72.9 Å². The molecule has 8 heteroatoms. The highest BCUT2D eigenvalue weighted by Crippen LogP contribution is 2.41. The second kappa shape index (κ2) is 7.04. The SMILES string of the molecule is Cc1cc2c(c(=O)n1CCO)[C@H](c1ccc(Cl)c(Cl)c1)C(C#N)=C(N)O2. The van der Waals surface area contributed by atoms with Crippen LogP contribution in [-0.4, -0.2) is 16.3 Å². The molecule has 0 fully saturated rings. The topological polar surface area (TPSA) is 101 Å². The van der Waals surface area contributed by atoms with Crippen molar-refractivity contribution < 1.29 is 9.84 Å². The van der Waals surface area contributed by atoms with Crippen molar-refractivity contribution in [2.24, 2.45) is 5.73 Å². The normalized spacial score (nSPS) is 16.0. The largest absolute Gasteiger partial charge is 0.440 e. The van der Waals surface area contributed by atoms with Gasteiger partial charge in [-0.25, -0.2) is 0 Å². The van der Waals surface area contributed by atoms with Gasteiger partial charge >= 0.3 is 0 Å². The van der Waals surface area contributed by atoms with Crippen LogP contribution in [0.15, 0.2) is 40.5 Å². The molecule has 2 aromatic rings. The van der Waals surface area contributed by atoms with Crippen molar-refractivity contribution in [1.29, 1.82) is 5.26 Å². The monoisotopic (exact) mass is 391 g/mol. The maximum atomic E-state index is 13.1. The van der Waals surface area contributed by atoms with Crippen molar-refractivity contribution in [2.75, 3.05) is 6.61 Å². The van der Waals surface area contributed by atoms with Gasteiger partial charge in [-0.1, -0.05) is 29.3 Å². The van der Waals surface area contributed by atoms with Crippen molar-refractivity contribution in [2.45, 2.75) is 19.4 Å². The van der Waals surface area contributed by atoms with E-state index < -0.39 is 5.92 Å². The van der Waals surface area contributed by atoms with Gasteiger partial charge in [0.05, 0.1) is 28.1 Å². The highest BCUT2D eigenvalue weighted by Gasteiger charge is 2.34. The lowest BCUT2D eigenvalue weighted by Crippen LogP contribution is -2.33. The lowest BCUT2D eigenvalue weighted by Gasteiger charge is -2.27.